The highest BCUT2D eigenvalue weighted by atomic mass is 16.6. The molecule has 0 aromatic carbocycles. The minimum atomic E-state index is -0.878. The van der Waals surface area contributed by atoms with E-state index in [-0.39, 0.29) is 19.8 Å². The van der Waals surface area contributed by atoms with Gasteiger partial charge in [-0.05, 0) is 0 Å². The molecule has 0 rings (SSSR count). The third-order valence-electron chi connectivity index (χ3n) is 0.768. The van der Waals surface area contributed by atoms with E-state index in [4.69, 9.17) is 14.9 Å². The number of hydrogen-bond acceptors (Lipinski definition) is 4. The highest BCUT2D eigenvalue weighted by Gasteiger charge is 1.98. The molecule has 0 aliphatic heterocycles. The predicted molar refractivity (Wildman–Crippen MR) is 30.9 cm³/mol. The lowest BCUT2D eigenvalue weighted by Gasteiger charge is -2.06. The summed E-state index contributed by atoms with van der Waals surface area (Å²) in [4.78, 5) is 0. The lowest BCUT2D eigenvalue weighted by Crippen LogP contribution is -2.18. The van der Waals surface area contributed by atoms with Gasteiger partial charge >= 0.3 is 0 Å². The molecule has 4 heteroatoms. The van der Waals surface area contributed by atoms with E-state index in [9.17, 15) is 0 Å². The molecule has 1 atom stereocenters. The van der Waals surface area contributed by atoms with Gasteiger partial charge in [0.2, 0.25) is 0 Å². The zero-order valence-corrected chi connectivity index (χ0v) is 5.41. The summed E-state index contributed by atoms with van der Waals surface area (Å²) in [5.41, 5.74) is 0. The van der Waals surface area contributed by atoms with E-state index in [1.165, 1.54) is 7.11 Å². The Morgan fingerprint density at radius 1 is 1.56 bits per heavy atom. The van der Waals surface area contributed by atoms with Crippen LogP contribution in [-0.4, -0.2) is 43.4 Å². The van der Waals surface area contributed by atoms with Crippen LogP contribution in [-0.2, 0) is 9.47 Å². The standard InChI is InChI=1S/C5H12O4/c1-8-5(7)4-9-3-2-6/h5-7H,2-4H2,1H3. The van der Waals surface area contributed by atoms with Gasteiger partial charge in [-0.1, -0.05) is 0 Å². The second-order valence-corrected chi connectivity index (χ2v) is 1.49. The SMILES string of the molecule is COC(O)COCCO. The third kappa shape index (κ3) is 5.72. The molecule has 0 heterocycles. The molecular weight excluding hydrogens is 124 g/mol. The van der Waals surface area contributed by atoms with E-state index >= 15 is 0 Å². The van der Waals surface area contributed by atoms with Crippen molar-refractivity contribution in [2.75, 3.05) is 26.9 Å². The average molecular weight is 136 g/mol. The topological polar surface area (TPSA) is 58.9 Å². The largest absolute Gasteiger partial charge is 0.394 e. The van der Waals surface area contributed by atoms with Crippen LogP contribution in [0.15, 0.2) is 0 Å². The molecule has 1 unspecified atom stereocenters. The fourth-order valence-electron chi connectivity index (χ4n) is 0.317. The molecule has 0 aromatic heterocycles. The summed E-state index contributed by atoms with van der Waals surface area (Å²) in [7, 11) is 1.38. The summed E-state index contributed by atoms with van der Waals surface area (Å²) in [5, 5.41) is 16.9. The fraction of sp³-hybridized carbons (Fsp3) is 1.00. The Kier molecular flexibility index (Phi) is 5.86. The van der Waals surface area contributed by atoms with E-state index in [2.05, 4.69) is 4.74 Å². The van der Waals surface area contributed by atoms with Crippen LogP contribution in [0.4, 0.5) is 0 Å². The molecule has 0 saturated carbocycles. The summed E-state index contributed by atoms with van der Waals surface area (Å²) in [6, 6.07) is 0. The Balaban J connectivity index is 2.88. The average Bonchev–Trinajstić information content (AvgIpc) is 1.89. The molecule has 0 bridgehead atoms. The Hall–Kier alpha value is -0.160. The lowest BCUT2D eigenvalue weighted by atomic mass is 10.7. The van der Waals surface area contributed by atoms with Crippen molar-refractivity contribution in [3.8, 4) is 0 Å². The molecule has 0 fully saturated rings. The Morgan fingerprint density at radius 3 is 2.67 bits per heavy atom. The van der Waals surface area contributed by atoms with E-state index in [0.717, 1.165) is 0 Å². The Bertz CT molecular complexity index is 56.9. The van der Waals surface area contributed by atoms with E-state index in [1.54, 1.807) is 0 Å². The van der Waals surface area contributed by atoms with Crippen LogP contribution in [0.5, 0.6) is 0 Å². The van der Waals surface area contributed by atoms with Crippen LogP contribution < -0.4 is 0 Å². The first-order valence-electron chi connectivity index (χ1n) is 2.70. The molecule has 56 valence electrons. The summed E-state index contributed by atoms with van der Waals surface area (Å²) in [5.74, 6) is 0. The first kappa shape index (κ1) is 8.84. The van der Waals surface area contributed by atoms with Gasteiger partial charge in [-0.2, -0.15) is 0 Å². The number of rotatable bonds is 5. The first-order valence-corrected chi connectivity index (χ1v) is 2.70. The van der Waals surface area contributed by atoms with E-state index in [0.29, 0.717) is 0 Å². The van der Waals surface area contributed by atoms with Crippen molar-refractivity contribution in [2.24, 2.45) is 0 Å². The predicted octanol–water partition coefficient (Wildman–Crippen LogP) is -1.04. The summed E-state index contributed by atoms with van der Waals surface area (Å²) in [6.45, 7) is 0.313. The van der Waals surface area contributed by atoms with Crippen LogP contribution >= 0.6 is 0 Å². The van der Waals surface area contributed by atoms with Crippen LogP contribution in [0.1, 0.15) is 0 Å². The maximum atomic E-state index is 8.66. The van der Waals surface area contributed by atoms with Crippen molar-refractivity contribution < 1.29 is 19.7 Å². The van der Waals surface area contributed by atoms with Gasteiger partial charge in [0.1, 0.15) is 0 Å². The molecule has 9 heavy (non-hydrogen) atoms. The van der Waals surface area contributed by atoms with Crippen LogP contribution in [0.25, 0.3) is 0 Å². The Morgan fingerprint density at radius 2 is 2.22 bits per heavy atom. The highest BCUT2D eigenvalue weighted by molar-refractivity contribution is 4.33. The number of methoxy groups -OCH3 is 1. The number of ether oxygens (including phenoxy) is 2. The van der Waals surface area contributed by atoms with E-state index in [1.807, 2.05) is 0 Å². The minimum absolute atomic E-state index is 0.0313. The van der Waals surface area contributed by atoms with Crippen molar-refractivity contribution in [3.63, 3.8) is 0 Å². The third-order valence-corrected chi connectivity index (χ3v) is 0.768. The molecule has 0 aliphatic carbocycles. The van der Waals surface area contributed by atoms with Crippen molar-refractivity contribution in [2.45, 2.75) is 6.29 Å². The van der Waals surface area contributed by atoms with Crippen LogP contribution in [0.3, 0.4) is 0 Å². The molecule has 0 amide bonds. The van der Waals surface area contributed by atoms with Gasteiger partial charge in [0.05, 0.1) is 19.8 Å². The van der Waals surface area contributed by atoms with Crippen molar-refractivity contribution in [3.05, 3.63) is 0 Å². The zero-order chi connectivity index (χ0) is 7.11. The molecule has 0 radical (unpaired) electrons. The van der Waals surface area contributed by atoms with Crippen LogP contribution in [0.2, 0.25) is 0 Å². The van der Waals surface area contributed by atoms with Gasteiger partial charge in [-0.15, -0.1) is 0 Å². The minimum Gasteiger partial charge on any atom is -0.394 e. The summed E-state index contributed by atoms with van der Waals surface area (Å²) < 4.78 is 9.16. The maximum absolute atomic E-state index is 8.66. The Labute approximate surface area is 54.0 Å². The second-order valence-electron chi connectivity index (χ2n) is 1.49. The number of aliphatic hydroxyl groups excluding tert-OH is 2. The first-order chi connectivity index (χ1) is 4.31. The number of aliphatic hydroxyl groups is 2. The van der Waals surface area contributed by atoms with Crippen molar-refractivity contribution in [1.29, 1.82) is 0 Å². The summed E-state index contributed by atoms with van der Waals surface area (Å²) >= 11 is 0. The van der Waals surface area contributed by atoms with Gasteiger partial charge in [0, 0.05) is 7.11 Å². The molecule has 4 nitrogen and oxygen atoms in total. The molecular formula is C5H12O4. The van der Waals surface area contributed by atoms with Crippen LogP contribution in [0, 0.1) is 0 Å². The molecule has 0 aromatic rings. The van der Waals surface area contributed by atoms with Gasteiger partial charge < -0.3 is 19.7 Å². The lowest BCUT2D eigenvalue weighted by molar-refractivity contribution is -0.121. The normalized spacial score (nSPS) is 13.7. The van der Waals surface area contributed by atoms with E-state index < -0.39 is 6.29 Å². The highest BCUT2D eigenvalue weighted by Crippen LogP contribution is 1.83. The molecule has 0 saturated heterocycles. The summed E-state index contributed by atoms with van der Waals surface area (Å²) in [6.07, 6.45) is -0.878. The molecule has 2 N–H and O–H groups in total. The van der Waals surface area contributed by atoms with Gasteiger partial charge in [0.25, 0.3) is 0 Å². The molecule has 0 spiro atoms. The fourth-order valence-corrected chi connectivity index (χ4v) is 0.317. The molecule has 0 aliphatic rings. The van der Waals surface area contributed by atoms with Gasteiger partial charge in [-0.25, -0.2) is 0 Å². The quantitative estimate of drug-likeness (QED) is 0.374. The monoisotopic (exact) mass is 136 g/mol. The van der Waals surface area contributed by atoms with Crippen molar-refractivity contribution in [1.82, 2.24) is 0 Å². The zero-order valence-electron chi connectivity index (χ0n) is 5.41. The second kappa shape index (κ2) is 5.97. The smallest absolute Gasteiger partial charge is 0.177 e. The van der Waals surface area contributed by atoms with Gasteiger partial charge in [-0.3, -0.25) is 0 Å². The number of hydrogen-bond donors (Lipinski definition) is 2. The van der Waals surface area contributed by atoms with Crippen molar-refractivity contribution >= 4 is 0 Å². The maximum Gasteiger partial charge on any atom is 0.177 e. The van der Waals surface area contributed by atoms with Gasteiger partial charge in [0.15, 0.2) is 6.29 Å².